The second-order valence-corrected chi connectivity index (χ2v) is 4.24. The zero-order chi connectivity index (χ0) is 11.5. The van der Waals surface area contributed by atoms with Crippen molar-refractivity contribution < 1.29 is 13.5 Å². The molecule has 0 amide bonds. The SMILES string of the molecule is Cl.NC1CCCC1COc1ccc(F)cc1F. The quantitative estimate of drug-likeness (QED) is 0.910. The van der Waals surface area contributed by atoms with E-state index in [1.165, 1.54) is 12.1 Å². The van der Waals surface area contributed by atoms with E-state index in [0.29, 0.717) is 6.61 Å². The standard InChI is InChI=1S/C12H15F2NO.ClH/c13-9-4-5-12(10(14)6-9)16-7-8-2-1-3-11(8)15;/h4-6,8,11H,1-3,7,15H2;1H. The lowest BCUT2D eigenvalue weighted by atomic mass is 10.1. The Morgan fingerprint density at radius 2 is 2.06 bits per heavy atom. The highest BCUT2D eigenvalue weighted by atomic mass is 35.5. The van der Waals surface area contributed by atoms with Crippen molar-refractivity contribution in [3.8, 4) is 5.75 Å². The van der Waals surface area contributed by atoms with Crippen LogP contribution in [0.1, 0.15) is 19.3 Å². The number of rotatable bonds is 3. The van der Waals surface area contributed by atoms with Crippen LogP contribution < -0.4 is 10.5 Å². The van der Waals surface area contributed by atoms with E-state index in [2.05, 4.69) is 0 Å². The van der Waals surface area contributed by atoms with Crippen LogP contribution in [0, 0.1) is 17.6 Å². The van der Waals surface area contributed by atoms with Crippen molar-refractivity contribution in [3.63, 3.8) is 0 Å². The van der Waals surface area contributed by atoms with Gasteiger partial charge in [-0.05, 0) is 25.0 Å². The summed E-state index contributed by atoms with van der Waals surface area (Å²) in [5, 5.41) is 0. The Balaban J connectivity index is 0.00000144. The van der Waals surface area contributed by atoms with E-state index in [4.69, 9.17) is 10.5 Å². The minimum Gasteiger partial charge on any atom is -0.490 e. The molecule has 0 heterocycles. The second-order valence-electron chi connectivity index (χ2n) is 4.24. The van der Waals surface area contributed by atoms with Gasteiger partial charge < -0.3 is 10.5 Å². The molecule has 96 valence electrons. The molecular weight excluding hydrogens is 248 g/mol. The summed E-state index contributed by atoms with van der Waals surface area (Å²) in [5.74, 6) is -0.876. The van der Waals surface area contributed by atoms with Crippen molar-refractivity contribution in [1.29, 1.82) is 0 Å². The van der Waals surface area contributed by atoms with Crippen molar-refractivity contribution in [1.82, 2.24) is 0 Å². The second kappa shape index (κ2) is 6.17. The third-order valence-electron chi connectivity index (χ3n) is 3.06. The lowest BCUT2D eigenvalue weighted by molar-refractivity contribution is 0.230. The maximum atomic E-state index is 13.2. The van der Waals surface area contributed by atoms with Gasteiger partial charge in [0.15, 0.2) is 11.6 Å². The number of hydrogen-bond acceptors (Lipinski definition) is 2. The van der Waals surface area contributed by atoms with Gasteiger partial charge in [-0.1, -0.05) is 6.42 Å². The predicted molar refractivity (Wildman–Crippen MR) is 64.4 cm³/mol. The number of nitrogens with two attached hydrogens (primary N) is 1. The molecule has 1 saturated carbocycles. The summed E-state index contributed by atoms with van der Waals surface area (Å²) in [6, 6.07) is 3.46. The average Bonchev–Trinajstić information content (AvgIpc) is 2.63. The van der Waals surface area contributed by atoms with Gasteiger partial charge in [-0.2, -0.15) is 0 Å². The molecule has 0 saturated heterocycles. The normalized spacial score (nSPS) is 23.2. The van der Waals surface area contributed by atoms with E-state index in [1.54, 1.807) is 0 Å². The van der Waals surface area contributed by atoms with Crippen LogP contribution in [0.2, 0.25) is 0 Å². The van der Waals surface area contributed by atoms with Crippen molar-refractivity contribution in [2.75, 3.05) is 6.61 Å². The molecule has 0 spiro atoms. The van der Waals surface area contributed by atoms with Gasteiger partial charge in [-0.3, -0.25) is 0 Å². The van der Waals surface area contributed by atoms with Crippen LogP contribution in [-0.2, 0) is 0 Å². The highest BCUT2D eigenvalue weighted by Gasteiger charge is 2.24. The Bertz CT molecular complexity index is 376. The van der Waals surface area contributed by atoms with Gasteiger partial charge in [0.2, 0.25) is 0 Å². The van der Waals surface area contributed by atoms with Crippen LogP contribution in [-0.4, -0.2) is 12.6 Å². The molecule has 0 aromatic heterocycles. The molecule has 1 aromatic carbocycles. The van der Waals surface area contributed by atoms with Gasteiger partial charge >= 0.3 is 0 Å². The molecule has 0 radical (unpaired) electrons. The first-order valence-electron chi connectivity index (χ1n) is 5.50. The fourth-order valence-electron chi connectivity index (χ4n) is 2.06. The highest BCUT2D eigenvalue weighted by molar-refractivity contribution is 5.85. The maximum Gasteiger partial charge on any atom is 0.167 e. The molecule has 0 bridgehead atoms. The van der Waals surface area contributed by atoms with Crippen LogP contribution in [0.4, 0.5) is 8.78 Å². The molecule has 1 aliphatic carbocycles. The van der Waals surface area contributed by atoms with Crippen molar-refractivity contribution in [2.45, 2.75) is 25.3 Å². The predicted octanol–water partition coefficient (Wildman–Crippen LogP) is 2.89. The molecule has 5 heteroatoms. The zero-order valence-electron chi connectivity index (χ0n) is 9.36. The molecule has 0 aliphatic heterocycles. The number of ether oxygens (including phenoxy) is 1. The summed E-state index contributed by atoms with van der Waals surface area (Å²) in [6.45, 7) is 0.406. The molecule has 2 rings (SSSR count). The molecule has 2 unspecified atom stereocenters. The van der Waals surface area contributed by atoms with E-state index >= 15 is 0 Å². The number of benzene rings is 1. The first kappa shape index (κ1) is 14.2. The van der Waals surface area contributed by atoms with Gasteiger partial charge in [0, 0.05) is 18.0 Å². The van der Waals surface area contributed by atoms with E-state index < -0.39 is 11.6 Å². The summed E-state index contributed by atoms with van der Waals surface area (Å²) < 4.78 is 31.2. The summed E-state index contributed by atoms with van der Waals surface area (Å²) >= 11 is 0. The minimum absolute atomic E-state index is 0. The van der Waals surface area contributed by atoms with E-state index in [0.717, 1.165) is 25.3 Å². The van der Waals surface area contributed by atoms with Gasteiger partial charge in [0.1, 0.15) is 5.82 Å². The molecule has 17 heavy (non-hydrogen) atoms. The third kappa shape index (κ3) is 3.54. The largest absolute Gasteiger partial charge is 0.490 e. The Labute approximate surface area is 106 Å². The Hall–Kier alpha value is -0.870. The number of halogens is 3. The maximum absolute atomic E-state index is 13.2. The summed E-state index contributed by atoms with van der Waals surface area (Å²) in [4.78, 5) is 0. The zero-order valence-corrected chi connectivity index (χ0v) is 10.2. The van der Waals surface area contributed by atoms with Gasteiger partial charge in [0.25, 0.3) is 0 Å². The monoisotopic (exact) mass is 263 g/mol. The first-order chi connectivity index (χ1) is 7.66. The van der Waals surface area contributed by atoms with Gasteiger partial charge in [0.05, 0.1) is 6.61 Å². The van der Waals surface area contributed by atoms with Crippen LogP contribution in [0.5, 0.6) is 5.75 Å². The van der Waals surface area contributed by atoms with Crippen molar-refractivity contribution in [3.05, 3.63) is 29.8 Å². The van der Waals surface area contributed by atoms with Gasteiger partial charge in [-0.25, -0.2) is 8.78 Å². The summed E-state index contributed by atoms with van der Waals surface area (Å²) in [7, 11) is 0. The lowest BCUT2D eigenvalue weighted by Crippen LogP contribution is -2.28. The van der Waals surface area contributed by atoms with E-state index in [-0.39, 0.29) is 30.1 Å². The Morgan fingerprint density at radius 1 is 1.29 bits per heavy atom. The van der Waals surface area contributed by atoms with E-state index in [9.17, 15) is 8.78 Å². The fraction of sp³-hybridized carbons (Fsp3) is 0.500. The van der Waals surface area contributed by atoms with Gasteiger partial charge in [-0.15, -0.1) is 12.4 Å². The van der Waals surface area contributed by atoms with Crippen molar-refractivity contribution >= 4 is 12.4 Å². The molecule has 2 nitrogen and oxygen atoms in total. The molecule has 1 aromatic rings. The highest BCUT2D eigenvalue weighted by Crippen LogP contribution is 2.26. The van der Waals surface area contributed by atoms with Crippen LogP contribution >= 0.6 is 12.4 Å². The van der Waals surface area contributed by atoms with E-state index in [1.807, 2.05) is 0 Å². The summed E-state index contributed by atoms with van der Waals surface area (Å²) in [5.41, 5.74) is 5.87. The Morgan fingerprint density at radius 3 is 2.65 bits per heavy atom. The lowest BCUT2D eigenvalue weighted by Gasteiger charge is -2.16. The van der Waals surface area contributed by atoms with Crippen LogP contribution in [0.15, 0.2) is 18.2 Å². The third-order valence-corrected chi connectivity index (χ3v) is 3.06. The topological polar surface area (TPSA) is 35.2 Å². The van der Waals surface area contributed by atoms with Crippen molar-refractivity contribution in [2.24, 2.45) is 11.7 Å². The van der Waals surface area contributed by atoms with Crippen LogP contribution in [0.25, 0.3) is 0 Å². The summed E-state index contributed by atoms with van der Waals surface area (Å²) in [6.07, 6.45) is 3.12. The first-order valence-corrected chi connectivity index (χ1v) is 5.50. The molecule has 2 atom stereocenters. The average molecular weight is 264 g/mol. The molecule has 2 N–H and O–H groups in total. The number of hydrogen-bond donors (Lipinski definition) is 1. The smallest absolute Gasteiger partial charge is 0.167 e. The van der Waals surface area contributed by atoms with Crippen LogP contribution in [0.3, 0.4) is 0 Å². The fourth-order valence-corrected chi connectivity index (χ4v) is 2.06. The minimum atomic E-state index is -0.661. The molecule has 1 fully saturated rings. The molecule has 1 aliphatic rings. The molecular formula is C12H16ClF2NO. The Kier molecular flexibility index (Phi) is 5.15.